The van der Waals surface area contributed by atoms with Crippen LogP contribution in [0.15, 0.2) is 0 Å². The molecule has 2 unspecified atom stereocenters. The molecule has 2 N–H and O–H groups in total. The lowest BCUT2D eigenvalue weighted by Crippen LogP contribution is -2.46. The number of ether oxygens (including phenoxy) is 1. The standard InChI is InChI=1S/C14H24N2O4/c1-2-10-5-7-16(8-6-10)14(19)15-9-11-3-4-12(20-11)13(17)18/h10-12H,2-9H2,1H3,(H,15,19)(H,17,18). The van der Waals surface area contributed by atoms with Crippen LogP contribution in [0.4, 0.5) is 4.79 Å². The Hall–Kier alpha value is -1.30. The minimum Gasteiger partial charge on any atom is -0.479 e. The predicted molar refractivity (Wildman–Crippen MR) is 73.5 cm³/mol. The van der Waals surface area contributed by atoms with Crippen molar-refractivity contribution < 1.29 is 19.4 Å². The number of hydrogen-bond donors (Lipinski definition) is 2. The van der Waals surface area contributed by atoms with E-state index in [0.717, 1.165) is 31.8 Å². The monoisotopic (exact) mass is 284 g/mol. The van der Waals surface area contributed by atoms with Crippen LogP contribution < -0.4 is 5.32 Å². The third kappa shape index (κ3) is 3.85. The third-order valence-electron chi connectivity index (χ3n) is 4.34. The second-order valence-corrected chi connectivity index (χ2v) is 5.69. The van der Waals surface area contributed by atoms with E-state index in [0.29, 0.717) is 19.4 Å². The summed E-state index contributed by atoms with van der Waals surface area (Å²) in [5, 5.41) is 11.7. The first kappa shape index (κ1) is 15.1. The fourth-order valence-corrected chi connectivity index (χ4v) is 2.89. The predicted octanol–water partition coefficient (Wildman–Crippen LogP) is 1.45. The van der Waals surface area contributed by atoms with Gasteiger partial charge in [0.2, 0.25) is 0 Å². The molecule has 0 radical (unpaired) electrons. The Bertz CT molecular complexity index is 353. The molecule has 0 aromatic carbocycles. The summed E-state index contributed by atoms with van der Waals surface area (Å²) < 4.78 is 5.36. The van der Waals surface area contributed by atoms with Gasteiger partial charge in [-0.2, -0.15) is 0 Å². The molecule has 0 aromatic heterocycles. The Morgan fingerprint density at radius 2 is 1.95 bits per heavy atom. The molecule has 2 fully saturated rings. The highest BCUT2D eigenvalue weighted by molar-refractivity contribution is 5.74. The number of amides is 2. The molecule has 0 bridgehead atoms. The van der Waals surface area contributed by atoms with Crippen LogP contribution in [0.1, 0.15) is 39.0 Å². The molecule has 2 rings (SSSR count). The summed E-state index contributed by atoms with van der Waals surface area (Å²) in [5.41, 5.74) is 0. The summed E-state index contributed by atoms with van der Waals surface area (Å²) >= 11 is 0. The number of carboxylic acid groups (broad SMARTS) is 1. The number of piperidine rings is 1. The van der Waals surface area contributed by atoms with Gasteiger partial charge in [0.25, 0.3) is 0 Å². The second kappa shape index (κ2) is 6.92. The van der Waals surface area contributed by atoms with Crippen molar-refractivity contribution in [1.82, 2.24) is 10.2 Å². The zero-order valence-electron chi connectivity index (χ0n) is 12.0. The molecular formula is C14H24N2O4. The van der Waals surface area contributed by atoms with Gasteiger partial charge >= 0.3 is 12.0 Å². The summed E-state index contributed by atoms with van der Waals surface area (Å²) in [6.07, 6.45) is 3.66. The number of hydrogen-bond acceptors (Lipinski definition) is 3. The Labute approximate surface area is 119 Å². The average molecular weight is 284 g/mol. The number of rotatable bonds is 4. The summed E-state index contributed by atoms with van der Waals surface area (Å²) in [7, 11) is 0. The fraction of sp³-hybridized carbons (Fsp3) is 0.857. The molecule has 2 saturated heterocycles. The van der Waals surface area contributed by atoms with E-state index in [1.54, 1.807) is 0 Å². The summed E-state index contributed by atoms with van der Waals surface area (Å²) in [5.74, 6) is -0.172. The zero-order chi connectivity index (χ0) is 14.5. The van der Waals surface area contributed by atoms with Crippen molar-refractivity contribution >= 4 is 12.0 Å². The molecule has 6 nitrogen and oxygen atoms in total. The zero-order valence-corrected chi connectivity index (χ0v) is 12.0. The van der Waals surface area contributed by atoms with Crippen LogP contribution in [0.5, 0.6) is 0 Å². The van der Waals surface area contributed by atoms with Crippen molar-refractivity contribution in [3.8, 4) is 0 Å². The van der Waals surface area contributed by atoms with Crippen molar-refractivity contribution in [3.05, 3.63) is 0 Å². The molecule has 0 aromatic rings. The van der Waals surface area contributed by atoms with Crippen molar-refractivity contribution in [1.29, 1.82) is 0 Å². The lowest BCUT2D eigenvalue weighted by molar-refractivity contribution is -0.149. The Morgan fingerprint density at radius 3 is 2.50 bits per heavy atom. The summed E-state index contributed by atoms with van der Waals surface area (Å²) in [6.45, 7) is 4.22. The average Bonchev–Trinajstić information content (AvgIpc) is 2.94. The largest absolute Gasteiger partial charge is 0.479 e. The van der Waals surface area contributed by atoms with Gasteiger partial charge in [-0.3, -0.25) is 0 Å². The number of likely N-dealkylation sites (tertiary alicyclic amines) is 1. The Kier molecular flexibility index (Phi) is 5.23. The maximum atomic E-state index is 12.0. The molecule has 2 aliphatic heterocycles. The quantitative estimate of drug-likeness (QED) is 0.819. The van der Waals surface area contributed by atoms with E-state index < -0.39 is 12.1 Å². The first-order valence-corrected chi connectivity index (χ1v) is 7.51. The SMILES string of the molecule is CCC1CCN(C(=O)NCC2CCC(C(=O)O)O2)CC1. The third-order valence-corrected chi connectivity index (χ3v) is 4.34. The second-order valence-electron chi connectivity index (χ2n) is 5.69. The number of nitrogens with one attached hydrogen (secondary N) is 1. The number of nitrogens with zero attached hydrogens (tertiary/aromatic N) is 1. The Balaban J connectivity index is 1.67. The molecule has 2 aliphatic rings. The van der Waals surface area contributed by atoms with Gasteiger partial charge < -0.3 is 20.1 Å². The number of urea groups is 1. The van der Waals surface area contributed by atoms with Gasteiger partial charge in [0.15, 0.2) is 6.10 Å². The minimum atomic E-state index is -0.916. The fourth-order valence-electron chi connectivity index (χ4n) is 2.89. The lowest BCUT2D eigenvalue weighted by atomic mass is 9.95. The highest BCUT2D eigenvalue weighted by Crippen LogP contribution is 2.21. The highest BCUT2D eigenvalue weighted by atomic mass is 16.5. The molecule has 0 saturated carbocycles. The van der Waals surface area contributed by atoms with Gasteiger partial charge in [-0.1, -0.05) is 13.3 Å². The normalized spacial score (nSPS) is 27.6. The van der Waals surface area contributed by atoms with Gasteiger partial charge in [0, 0.05) is 19.6 Å². The van der Waals surface area contributed by atoms with E-state index in [1.165, 1.54) is 6.42 Å². The molecular weight excluding hydrogens is 260 g/mol. The summed E-state index contributed by atoms with van der Waals surface area (Å²) in [4.78, 5) is 24.6. The van der Waals surface area contributed by atoms with Gasteiger partial charge in [-0.05, 0) is 31.6 Å². The van der Waals surface area contributed by atoms with Gasteiger partial charge in [-0.15, -0.1) is 0 Å². The number of carbonyl (C=O) groups is 2. The number of carbonyl (C=O) groups excluding carboxylic acids is 1. The van der Waals surface area contributed by atoms with Crippen LogP contribution in [0.25, 0.3) is 0 Å². The topological polar surface area (TPSA) is 78.9 Å². The van der Waals surface area contributed by atoms with Crippen molar-refractivity contribution in [3.63, 3.8) is 0 Å². The van der Waals surface area contributed by atoms with Crippen LogP contribution in [0.3, 0.4) is 0 Å². The number of carboxylic acids is 1. The van der Waals surface area contributed by atoms with Gasteiger partial charge in [-0.25, -0.2) is 9.59 Å². The van der Waals surface area contributed by atoms with Gasteiger partial charge in [0.1, 0.15) is 0 Å². The molecule has 0 spiro atoms. The Morgan fingerprint density at radius 1 is 1.25 bits per heavy atom. The van der Waals surface area contributed by atoms with E-state index in [4.69, 9.17) is 9.84 Å². The maximum Gasteiger partial charge on any atom is 0.332 e. The van der Waals surface area contributed by atoms with E-state index in [9.17, 15) is 9.59 Å². The van der Waals surface area contributed by atoms with E-state index in [1.807, 2.05) is 4.90 Å². The van der Waals surface area contributed by atoms with Crippen LogP contribution in [-0.4, -0.2) is 53.8 Å². The lowest BCUT2D eigenvalue weighted by Gasteiger charge is -2.31. The van der Waals surface area contributed by atoms with Crippen LogP contribution in [-0.2, 0) is 9.53 Å². The first-order valence-electron chi connectivity index (χ1n) is 7.51. The highest BCUT2D eigenvalue weighted by Gasteiger charge is 2.31. The van der Waals surface area contributed by atoms with Crippen molar-refractivity contribution in [2.24, 2.45) is 5.92 Å². The maximum absolute atomic E-state index is 12.0. The molecule has 20 heavy (non-hydrogen) atoms. The molecule has 2 amide bonds. The van der Waals surface area contributed by atoms with Crippen molar-refractivity contribution in [2.75, 3.05) is 19.6 Å². The summed E-state index contributed by atoms with van der Waals surface area (Å²) in [6, 6.07) is -0.0538. The van der Waals surface area contributed by atoms with Crippen molar-refractivity contribution in [2.45, 2.75) is 51.2 Å². The van der Waals surface area contributed by atoms with Crippen LogP contribution in [0.2, 0.25) is 0 Å². The first-order chi connectivity index (χ1) is 9.60. The van der Waals surface area contributed by atoms with Gasteiger partial charge in [0.05, 0.1) is 6.10 Å². The number of aliphatic carboxylic acids is 1. The molecule has 6 heteroatoms. The van der Waals surface area contributed by atoms with E-state index in [-0.39, 0.29) is 12.1 Å². The molecule has 2 heterocycles. The smallest absolute Gasteiger partial charge is 0.332 e. The van der Waals surface area contributed by atoms with Crippen LogP contribution in [0, 0.1) is 5.92 Å². The van der Waals surface area contributed by atoms with E-state index in [2.05, 4.69) is 12.2 Å². The minimum absolute atomic E-state index is 0.0538. The molecule has 114 valence electrons. The van der Waals surface area contributed by atoms with E-state index >= 15 is 0 Å². The molecule has 2 atom stereocenters. The van der Waals surface area contributed by atoms with Crippen LogP contribution >= 0.6 is 0 Å². The molecule has 0 aliphatic carbocycles.